The van der Waals surface area contributed by atoms with Crippen LogP contribution in [0.2, 0.25) is 0 Å². The Balaban J connectivity index is 2.10. The Morgan fingerprint density at radius 3 is 2.47 bits per heavy atom. The molecule has 2 rings (SSSR count). The first-order valence-electron chi connectivity index (χ1n) is 6.54. The van der Waals surface area contributed by atoms with Crippen LogP contribution in [0.4, 0.5) is 0 Å². The molecule has 2 unspecified atom stereocenters. The van der Waals surface area contributed by atoms with Crippen molar-refractivity contribution in [2.75, 3.05) is 6.54 Å². The van der Waals surface area contributed by atoms with E-state index < -0.39 is 5.38 Å². The number of imide groups is 1. The zero-order chi connectivity index (χ0) is 14.0. The van der Waals surface area contributed by atoms with E-state index in [4.69, 9.17) is 11.6 Å². The average Bonchev–Trinajstić information content (AvgIpc) is 2.80. The van der Waals surface area contributed by atoms with Gasteiger partial charge >= 0.3 is 0 Å². The molecule has 1 saturated heterocycles. The lowest BCUT2D eigenvalue weighted by molar-refractivity contribution is -0.141. The molecule has 1 aliphatic rings. The van der Waals surface area contributed by atoms with E-state index in [0.29, 0.717) is 18.9 Å². The van der Waals surface area contributed by atoms with Gasteiger partial charge < -0.3 is 0 Å². The fraction of sp³-hybridized carbons (Fsp3) is 0.467. The van der Waals surface area contributed by atoms with Crippen LogP contribution < -0.4 is 0 Å². The first-order valence-corrected chi connectivity index (χ1v) is 6.97. The van der Waals surface area contributed by atoms with Gasteiger partial charge in [0.2, 0.25) is 5.91 Å². The van der Waals surface area contributed by atoms with Gasteiger partial charge in [0.1, 0.15) is 5.38 Å². The summed E-state index contributed by atoms with van der Waals surface area (Å²) in [7, 11) is 0. The van der Waals surface area contributed by atoms with Crippen LogP contribution in [-0.2, 0) is 9.59 Å². The summed E-state index contributed by atoms with van der Waals surface area (Å²) in [4.78, 5) is 25.5. The van der Waals surface area contributed by atoms with Crippen LogP contribution in [0.25, 0.3) is 0 Å². The topological polar surface area (TPSA) is 37.4 Å². The lowest BCUT2D eigenvalue weighted by Crippen LogP contribution is -2.35. The van der Waals surface area contributed by atoms with Crippen LogP contribution in [0.3, 0.4) is 0 Å². The number of rotatable bonds is 3. The van der Waals surface area contributed by atoms with Gasteiger partial charge in [-0.05, 0) is 17.4 Å². The zero-order valence-electron chi connectivity index (χ0n) is 11.2. The monoisotopic (exact) mass is 279 g/mol. The van der Waals surface area contributed by atoms with Gasteiger partial charge in [0.25, 0.3) is 5.91 Å². The third-order valence-corrected chi connectivity index (χ3v) is 4.11. The molecule has 1 aromatic rings. The van der Waals surface area contributed by atoms with Crippen molar-refractivity contribution in [2.24, 2.45) is 11.8 Å². The van der Waals surface area contributed by atoms with Gasteiger partial charge in [0.05, 0.1) is 0 Å². The highest BCUT2D eigenvalue weighted by atomic mass is 35.5. The summed E-state index contributed by atoms with van der Waals surface area (Å²) in [6, 6.07) is 9.14. The maximum absolute atomic E-state index is 12.3. The van der Waals surface area contributed by atoms with Crippen molar-refractivity contribution in [2.45, 2.75) is 25.6 Å². The maximum atomic E-state index is 12.3. The van der Waals surface area contributed by atoms with Crippen LogP contribution in [0.5, 0.6) is 0 Å². The Hall–Kier alpha value is -1.35. The summed E-state index contributed by atoms with van der Waals surface area (Å²) in [5.41, 5.74) is 0.731. The fourth-order valence-corrected chi connectivity index (χ4v) is 2.56. The van der Waals surface area contributed by atoms with Gasteiger partial charge in [0, 0.05) is 13.0 Å². The van der Waals surface area contributed by atoms with Crippen LogP contribution in [0.1, 0.15) is 31.2 Å². The molecular formula is C15H18ClNO2. The molecule has 19 heavy (non-hydrogen) atoms. The number of halogens is 1. The van der Waals surface area contributed by atoms with E-state index in [1.54, 1.807) is 12.1 Å². The minimum atomic E-state index is -0.781. The number of carbonyl (C=O) groups excluding carboxylic acids is 2. The number of amides is 2. The number of hydrogen-bond donors (Lipinski definition) is 0. The molecule has 1 aromatic carbocycles. The largest absolute Gasteiger partial charge is 0.281 e. The number of benzene rings is 1. The van der Waals surface area contributed by atoms with Crippen molar-refractivity contribution in [3.05, 3.63) is 35.9 Å². The average molecular weight is 280 g/mol. The second kappa shape index (κ2) is 5.74. The van der Waals surface area contributed by atoms with Crippen molar-refractivity contribution in [1.82, 2.24) is 4.90 Å². The van der Waals surface area contributed by atoms with Crippen molar-refractivity contribution in [1.29, 1.82) is 0 Å². The highest BCUT2D eigenvalue weighted by molar-refractivity contribution is 6.31. The van der Waals surface area contributed by atoms with Crippen LogP contribution in [0, 0.1) is 11.8 Å². The quantitative estimate of drug-likeness (QED) is 0.798. The van der Waals surface area contributed by atoms with E-state index >= 15 is 0 Å². The number of nitrogens with zero attached hydrogens (tertiary/aromatic N) is 1. The Bertz CT molecular complexity index is 472. The summed E-state index contributed by atoms with van der Waals surface area (Å²) in [5.74, 6) is 0.231. The molecule has 4 heteroatoms. The summed E-state index contributed by atoms with van der Waals surface area (Å²) in [6.45, 7) is 4.63. The van der Waals surface area contributed by atoms with E-state index in [-0.39, 0.29) is 17.7 Å². The number of carbonyl (C=O) groups is 2. The van der Waals surface area contributed by atoms with Gasteiger partial charge in [0.15, 0.2) is 0 Å². The molecule has 0 saturated carbocycles. The van der Waals surface area contributed by atoms with E-state index in [2.05, 4.69) is 13.8 Å². The van der Waals surface area contributed by atoms with Crippen LogP contribution >= 0.6 is 11.6 Å². The van der Waals surface area contributed by atoms with Crippen molar-refractivity contribution >= 4 is 23.4 Å². The Morgan fingerprint density at radius 1 is 1.32 bits per heavy atom. The molecule has 0 spiro atoms. The van der Waals surface area contributed by atoms with Crippen molar-refractivity contribution in [3.8, 4) is 0 Å². The fourth-order valence-electron chi connectivity index (χ4n) is 2.30. The zero-order valence-corrected chi connectivity index (χ0v) is 11.9. The van der Waals surface area contributed by atoms with E-state index in [1.165, 1.54) is 4.90 Å². The van der Waals surface area contributed by atoms with Crippen molar-refractivity contribution in [3.63, 3.8) is 0 Å². The third-order valence-electron chi connectivity index (χ3n) is 3.67. The third kappa shape index (κ3) is 2.98. The van der Waals surface area contributed by atoms with Gasteiger partial charge in [-0.15, -0.1) is 11.6 Å². The number of likely N-dealkylation sites (tertiary alicyclic amines) is 1. The number of alkyl halides is 1. The Labute approximate surface area is 118 Å². The molecule has 0 bridgehead atoms. The predicted molar refractivity (Wildman–Crippen MR) is 74.7 cm³/mol. The Morgan fingerprint density at radius 2 is 1.95 bits per heavy atom. The van der Waals surface area contributed by atoms with Gasteiger partial charge in [-0.2, -0.15) is 0 Å². The number of hydrogen-bond acceptors (Lipinski definition) is 2. The van der Waals surface area contributed by atoms with Crippen LogP contribution in [-0.4, -0.2) is 23.3 Å². The second-order valence-electron chi connectivity index (χ2n) is 5.32. The molecular weight excluding hydrogens is 262 g/mol. The summed E-state index contributed by atoms with van der Waals surface area (Å²) >= 11 is 6.19. The maximum Gasteiger partial charge on any atom is 0.251 e. The smallest absolute Gasteiger partial charge is 0.251 e. The molecule has 0 aromatic heterocycles. The second-order valence-corrected chi connectivity index (χ2v) is 5.76. The molecule has 2 atom stereocenters. The van der Waals surface area contributed by atoms with E-state index in [0.717, 1.165) is 5.56 Å². The summed E-state index contributed by atoms with van der Waals surface area (Å²) < 4.78 is 0. The van der Waals surface area contributed by atoms with Gasteiger partial charge in [-0.25, -0.2) is 0 Å². The summed E-state index contributed by atoms with van der Waals surface area (Å²) in [5, 5.41) is -0.781. The summed E-state index contributed by atoms with van der Waals surface area (Å²) in [6.07, 6.45) is 0.446. The first-order chi connectivity index (χ1) is 9.00. The van der Waals surface area contributed by atoms with E-state index in [9.17, 15) is 9.59 Å². The molecule has 1 fully saturated rings. The molecule has 0 aliphatic carbocycles. The minimum absolute atomic E-state index is 0.106. The lowest BCUT2D eigenvalue weighted by Gasteiger charge is -2.19. The molecule has 0 radical (unpaired) electrons. The SMILES string of the molecule is CC(C)C1CC(=O)N(C(=O)C(Cl)c2ccccc2)C1. The molecule has 102 valence electrons. The predicted octanol–water partition coefficient (Wildman–Crippen LogP) is 3.00. The first kappa shape index (κ1) is 14.1. The van der Waals surface area contributed by atoms with Gasteiger partial charge in [-0.1, -0.05) is 44.2 Å². The van der Waals surface area contributed by atoms with Crippen LogP contribution in [0.15, 0.2) is 30.3 Å². The standard InChI is InChI=1S/C15H18ClNO2/c1-10(2)12-8-13(18)17(9-12)15(19)14(16)11-6-4-3-5-7-11/h3-7,10,12,14H,8-9H2,1-2H3. The highest BCUT2D eigenvalue weighted by Crippen LogP contribution is 2.29. The molecule has 0 N–H and O–H groups in total. The van der Waals surface area contributed by atoms with Gasteiger partial charge in [-0.3, -0.25) is 14.5 Å². The van der Waals surface area contributed by atoms with E-state index in [1.807, 2.05) is 18.2 Å². The lowest BCUT2D eigenvalue weighted by atomic mass is 9.95. The molecule has 2 amide bonds. The van der Waals surface area contributed by atoms with Crippen molar-refractivity contribution < 1.29 is 9.59 Å². The minimum Gasteiger partial charge on any atom is -0.281 e. The molecule has 1 heterocycles. The molecule has 1 aliphatic heterocycles. The molecule has 3 nitrogen and oxygen atoms in total. The normalized spacial score (nSPS) is 20.9. The highest BCUT2D eigenvalue weighted by Gasteiger charge is 2.37. The Kier molecular flexibility index (Phi) is 4.25.